The standard InChI is InChI=1S/C25H26N4O3/c1-18-4-13-24(31)29(16-18)17-23(30)26-20-7-5-19(6-8-20)25(32)27-21-9-11-22(12-10-21)28-14-2-3-15-28/h4-13,16H,2-3,14-15,17H2,1H3,(H,26,30)(H,27,32). The first-order valence-corrected chi connectivity index (χ1v) is 10.7. The Morgan fingerprint density at radius 3 is 2.16 bits per heavy atom. The Hall–Kier alpha value is -3.87. The Morgan fingerprint density at radius 2 is 1.47 bits per heavy atom. The quantitative estimate of drug-likeness (QED) is 0.625. The van der Waals surface area contributed by atoms with Crippen molar-refractivity contribution in [3.8, 4) is 0 Å². The highest BCUT2D eigenvalue weighted by Crippen LogP contribution is 2.22. The molecule has 0 unspecified atom stereocenters. The second kappa shape index (κ2) is 9.51. The number of aromatic nitrogens is 1. The maximum absolute atomic E-state index is 12.6. The lowest BCUT2D eigenvalue weighted by Crippen LogP contribution is -2.26. The SMILES string of the molecule is Cc1ccc(=O)n(CC(=O)Nc2ccc(C(=O)Nc3ccc(N4CCCC4)cc3)cc2)c1. The molecule has 7 heteroatoms. The number of rotatable bonds is 6. The van der Waals surface area contributed by atoms with Crippen LogP contribution in [0.5, 0.6) is 0 Å². The van der Waals surface area contributed by atoms with Crippen LogP contribution in [0.15, 0.2) is 71.7 Å². The fraction of sp³-hybridized carbons (Fsp3) is 0.240. The molecular weight excluding hydrogens is 404 g/mol. The average molecular weight is 431 g/mol. The molecule has 4 rings (SSSR count). The molecular formula is C25H26N4O3. The van der Waals surface area contributed by atoms with Crippen LogP contribution in [0.25, 0.3) is 0 Å². The van der Waals surface area contributed by atoms with Crippen LogP contribution in [0.1, 0.15) is 28.8 Å². The molecule has 7 nitrogen and oxygen atoms in total. The molecule has 0 radical (unpaired) electrons. The molecule has 2 heterocycles. The topological polar surface area (TPSA) is 83.4 Å². The zero-order valence-electron chi connectivity index (χ0n) is 18.0. The zero-order valence-corrected chi connectivity index (χ0v) is 18.0. The molecule has 0 aliphatic carbocycles. The number of aryl methyl sites for hydroxylation is 1. The maximum atomic E-state index is 12.6. The van der Waals surface area contributed by atoms with Crippen LogP contribution >= 0.6 is 0 Å². The lowest BCUT2D eigenvalue weighted by atomic mass is 10.2. The van der Waals surface area contributed by atoms with Gasteiger partial charge < -0.3 is 20.1 Å². The summed E-state index contributed by atoms with van der Waals surface area (Å²) in [6.45, 7) is 3.95. The van der Waals surface area contributed by atoms with Gasteiger partial charge in [0.1, 0.15) is 6.54 Å². The smallest absolute Gasteiger partial charge is 0.255 e. The number of anilines is 3. The number of pyridine rings is 1. The van der Waals surface area contributed by atoms with Gasteiger partial charge in [-0.05, 0) is 73.9 Å². The molecule has 1 aromatic heterocycles. The maximum Gasteiger partial charge on any atom is 0.255 e. The summed E-state index contributed by atoms with van der Waals surface area (Å²) < 4.78 is 1.36. The van der Waals surface area contributed by atoms with E-state index in [2.05, 4.69) is 15.5 Å². The predicted octanol–water partition coefficient (Wildman–Crippen LogP) is 3.65. The molecule has 1 aliphatic heterocycles. The average Bonchev–Trinajstić information content (AvgIpc) is 3.32. The van der Waals surface area contributed by atoms with Crippen molar-refractivity contribution >= 4 is 28.9 Å². The summed E-state index contributed by atoms with van der Waals surface area (Å²) in [7, 11) is 0. The van der Waals surface area contributed by atoms with Crippen molar-refractivity contribution in [2.45, 2.75) is 26.3 Å². The summed E-state index contributed by atoms with van der Waals surface area (Å²) in [6.07, 6.45) is 4.09. The summed E-state index contributed by atoms with van der Waals surface area (Å²) in [5.41, 5.74) is 3.63. The van der Waals surface area contributed by atoms with Gasteiger partial charge in [0.05, 0.1) is 0 Å². The third kappa shape index (κ3) is 5.24. The minimum absolute atomic E-state index is 0.0732. The third-order valence-corrected chi connectivity index (χ3v) is 5.47. The van der Waals surface area contributed by atoms with Gasteiger partial charge in [-0.15, -0.1) is 0 Å². The summed E-state index contributed by atoms with van der Waals surface area (Å²) in [5, 5.41) is 5.65. The Balaban J connectivity index is 1.33. The third-order valence-electron chi connectivity index (χ3n) is 5.47. The van der Waals surface area contributed by atoms with Crippen molar-refractivity contribution in [1.29, 1.82) is 0 Å². The molecule has 0 bridgehead atoms. The van der Waals surface area contributed by atoms with Crippen molar-refractivity contribution in [2.75, 3.05) is 28.6 Å². The van der Waals surface area contributed by atoms with Gasteiger partial charge in [-0.2, -0.15) is 0 Å². The Morgan fingerprint density at radius 1 is 0.844 bits per heavy atom. The van der Waals surface area contributed by atoms with Crippen molar-refractivity contribution in [3.63, 3.8) is 0 Å². The highest BCUT2D eigenvalue weighted by molar-refractivity contribution is 6.04. The molecule has 0 saturated carbocycles. The van der Waals surface area contributed by atoms with Gasteiger partial charge >= 0.3 is 0 Å². The van der Waals surface area contributed by atoms with Gasteiger partial charge in [-0.3, -0.25) is 14.4 Å². The zero-order chi connectivity index (χ0) is 22.5. The van der Waals surface area contributed by atoms with Crippen LogP contribution in [0, 0.1) is 6.92 Å². The first kappa shape index (κ1) is 21.4. The van der Waals surface area contributed by atoms with E-state index >= 15 is 0 Å². The number of carbonyl (C=O) groups excluding carboxylic acids is 2. The molecule has 32 heavy (non-hydrogen) atoms. The minimum atomic E-state index is -0.312. The molecule has 1 fully saturated rings. The van der Waals surface area contributed by atoms with E-state index in [9.17, 15) is 14.4 Å². The first-order valence-electron chi connectivity index (χ1n) is 10.7. The van der Waals surface area contributed by atoms with E-state index in [4.69, 9.17) is 0 Å². The second-order valence-electron chi connectivity index (χ2n) is 7.99. The fourth-order valence-electron chi connectivity index (χ4n) is 3.77. The van der Waals surface area contributed by atoms with E-state index in [-0.39, 0.29) is 23.9 Å². The van der Waals surface area contributed by atoms with E-state index in [1.807, 2.05) is 31.2 Å². The Labute approximate surface area is 186 Å². The van der Waals surface area contributed by atoms with E-state index < -0.39 is 0 Å². The monoisotopic (exact) mass is 430 g/mol. The number of amides is 2. The molecule has 0 atom stereocenters. The Bertz CT molecular complexity index is 1160. The van der Waals surface area contributed by atoms with Crippen LogP contribution < -0.4 is 21.1 Å². The summed E-state index contributed by atoms with van der Waals surface area (Å²) in [6, 6.07) is 17.7. The molecule has 2 amide bonds. The van der Waals surface area contributed by atoms with Gasteiger partial charge in [0.2, 0.25) is 5.91 Å². The van der Waals surface area contributed by atoms with Crippen LogP contribution in [-0.4, -0.2) is 29.5 Å². The lowest BCUT2D eigenvalue weighted by Gasteiger charge is -2.17. The second-order valence-corrected chi connectivity index (χ2v) is 7.99. The largest absolute Gasteiger partial charge is 0.372 e. The van der Waals surface area contributed by atoms with Gasteiger partial charge in [0.25, 0.3) is 11.5 Å². The Kier molecular flexibility index (Phi) is 6.35. The lowest BCUT2D eigenvalue weighted by molar-refractivity contribution is -0.116. The van der Waals surface area contributed by atoms with Gasteiger partial charge in [-0.1, -0.05) is 6.07 Å². The van der Waals surface area contributed by atoms with Crippen molar-refractivity contribution in [3.05, 3.63) is 88.3 Å². The summed E-state index contributed by atoms with van der Waals surface area (Å²) in [5.74, 6) is -0.531. The van der Waals surface area contributed by atoms with E-state index in [1.165, 1.54) is 29.2 Å². The fourth-order valence-corrected chi connectivity index (χ4v) is 3.77. The molecule has 164 valence electrons. The number of hydrogen-bond acceptors (Lipinski definition) is 4. The summed E-state index contributed by atoms with van der Waals surface area (Å²) >= 11 is 0. The molecule has 2 N–H and O–H groups in total. The molecule has 1 saturated heterocycles. The van der Waals surface area contributed by atoms with Gasteiger partial charge in [-0.25, -0.2) is 0 Å². The first-order chi connectivity index (χ1) is 15.5. The summed E-state index contributed by atoms with van der Waals surface area (Å²) in [4.78, 5) is 39.0. The number of hydrogen-bond donors (Lipinski definition) is 2. The normalized spacial score (nSPS) is 13.1. The minimum Gasteiger partial charge on any atom is -0.372 e. The van der Waals surface area contributed by atoms with Crippen molar-refractivity contribution in [2.24, 2.45) is 0 Å². The number of nitrogens with one attached hydrogen (secondary N) is 2. The van der Waals surface area contributed by atoms with Crippen LogP contribution in [0.4, 0.5) is 17.1 Å². The number of carbonyl (C=O) groups is 2. The van der Waals surface area contributed by atoms with Crippen LogP contribution in [0.3, 0.4) is 0 Å². The van der Waals surface area contributed by atoms with E-state index in [0.29, 0.717) is 11.3 Å². The molecule has 2 aromatic carbocycles. The van der Waals surface area contributed by atoms with Crippen molar-refractivity contribution in [1.82, 2.24) is 4.57 Å². The van der Waals surface area contributed by atoms with Gasteiger partial charge in [0.15, 0.2) is 0 Å². The van der Waals surface area contributed by atoms with Crippen LogP contribution in [0.2, 0.25) is 0 Å². The number of nitrogens with zero attached hydrogens (tertiary/aromatic N) is 2. The molecule has 1 aliphatic rings. The highest BCUT2D eigenvalue weighted by Gasteiger charge is 2.13. The van der Waals surface area contributed by atoms with E-state index in [1.54, 1.807) is 36.5 Å². The van der Waals surface area contributed by atoms with Crippen molar-refractivity contribution < 1.29 is 9.59 Å². The predicted molar refractivity (Wildman–Crippen MR) is 126 cm³/mol. The molecule has 0 spiro atoms. The van der Waals surface area contributed by atoms with E-state index in [0.717, 1.165) is 24.3 Å². The molecule has 3 aromatic rings. The van der Waals surface area contributed by atoms with Gasteiger partial charge in [0, 0.05) is 48.0 Å². The van der Waals surface area contributed by atoms with Crippen LogP contribution in [-0.2, 0) is 11.3 Å². The number of benzene rings is 2. The highest BCUT2D eigenvalue weighted by atomic mass is 16.2.